The molecule has 1 heterocycles. The van der Waals surface area contributed by atoms with Crippen LogP contribution in [0.2, 0.25) is 0 Å². The van der Waals surface area contributed by atoms with E-state index in [4.69, 9.17) is 9.47 Å². The third-order valence-electron chi connectivity index (χ3n) is 4.68. The van der Waals surface area contributed by atoms with Crippen molar-refractivity contribution in [2.24, 2.45) is 5.41 Å². The van der Waals surface area contributed by atoms with Crippen LogP contribution in [0.1, 0.15) is 30.9 Å². The van der Waals surface area contributed by atoms with E-state index < -0.39 is 35.0 Å². The lowest BCUT2D eigenvalue weighted by atomic mass is 9.66. The van der Waals surface area contributed by atoms with Gasteiger partial charge in [-0.1, -0.05) is 18.2 Å². The van der Waals surface area contributed by atoms with E-state index in [-0.39, 0.29) is 17.7 Å². The topological polar surface area (TPSA) is 64.6 Å². The van der Waals surface area contributed by atoms with Crippen molar-refractivity contribution in [3.8, 4) is 0 Å². The predicted molar refractivity (Wildman–Crippen MR) is 87.0 cm³/mol. The Bertz CT molecular complexity index is 757. The van der Waals surface area contributed by atoms with Crippen molar-refractivity contribution in [3.63, 3.8) is 0 Å². The summed E-state index contributed by atoms with van der Waals surface area (Å²) in [6.07, 6.45) is -4.65. The highest BCUT2D eigenvalue weighted by Crippen LogP contribution is 2.49. The second-order valence-corrected chi connectivity index (χ2v) is 6.31. The van der Waals surface area contributed by atoms with Crippen LogP contribution in [-0.2, 0) is 25.2 Å². The zero-order valence-corrected chi connectivity index (χ0v) is 14.9. The summed E-state index contributed by atoms with van der Waals surface area (Å²) < 4.78 is 50.3. The van der Waals surface area contributed by atoms with Crippen molar-refractivity contribution in [1.29, 1.82) is 0 Å². The van der Waals surface area contributed by atoms with Crippen molar-refractivity contribution in [2.45, 2.75) is 25.9 Å². The molecule has 1 aromatic rings. The van der Waals surface area contributed by atoms with E-state index in [9.17, 15) is 22.8 Å². The lowest BCUT2D eigenvalue weighted by Crippen LogP contribution is -2.50. The number of alkyl halides is 3. The van der Waals surface area contributed by atoms with Gasteiger partial charge >= 0.3 is 18.1 Å². The van der Waals surface area contributed by atoms with Crippen LogP contribution in [0.5, 0.6) is 0 Å². The monoisotopic (exact) mass is 371 g/mol. The molecule has 26 heavy (non-hydrogen) atoms. The first kappa shape index (κ1) is 19.8. The van der Waals surface area contributed by atoms with Crippen molar-refractivity contribution in [2.75, 3.05) is 20.8 Å². The lowest BCUT2D eigenvalue weighted by molar-refractivity contribution is -0.154. The van der Waals surface area contributed by atoms with Gasteiger partial charge in [0.2, 0.25) is 0 Å². The molecule has 0 aliphatic carbocycles. The quantitative estimate of drug-likeness (QED) is 0.828. The fourth-order valence-corrected chi connectivity index (χ4v) is 3.36. The van der Waals surface area contributed by atoms with Gasteiger partial charge in [0, 0.05) is 18.2 Å². The van der Waals surface area contributed by atoms with Gasteiger partial charge < -0.3 is 14.8 Å². The third-order valence-corrected chi connectivity index (χ3v) is 4.68. The first-order valence-corrected chi connectivity index (χ1v) is 7.85. The first-order valence-electron chi connectivity index (χ1n) is 7.85. The summed E-state index contributed by atoms with van der Waals surface area (Å²) in [5, 5.41) is 2.91. The summed E-state index contributed by atoms with van der Waals surface area (Å²) in [4.78, 5) is 24.8. The van der Waals surface area contributed by atoms with Crippen LogP contribution in [-0.4, -0.2) is 32.7 Å². The summed E-state index contributed by atoms with van der Waals surface area (Å²) in [7, 11) is 2.29. The Kier molecular flexibility index (Phi) is 5.34. The number of esters is 2. The maximum absolute atomic E-state index is 13.6. The molecular formula is C18H20F3NO4. The van der Waals surface area contributed by atoms with E-state index in [1.165, 1.54) is 25.1 Å². The summed E-state index contributed by atoms with van der Waals surface area (Å²) in [6, 6.07) is 4.90. The maximum Gasteiger partial charge on any atom is 0.416 e. The molecule has 0 fully saturated rings. The van der Waals surface area contributed by atoms with E-state index in [0.717, 1.165) is 20.3 Å². The molecule has 1 aliphatic rings. The van der Waals surface area contributed by atoms with Crippen LogP contribution in [0.15, 0.2) is 35.5 Å². The minimum Gasteiger partial charge on any atom is -0.469 e. The van der Waals surface area contributed by atoms with Crippen molar-refractivity contribution in [3.05, 3.63) is 46.7 Å². The molecule has 2 rings (SSSR count). The standard InChI is InChI=1S/C18H20F3NO4/c1-10-13(15(23)25-3)14(17(2,9-22-10)16(24)26-4)11-7-5-6-8-12(11)18(19,20)21/h5-8,14,22H,9H2,1-4H3. The second-order valence-electron chi connectivity index (χ2n) is 6.31. The zero-order chi connectivity index (χ0) is 19.7. The molecule has 1 aromatic carbocycles. The smallest absolute Gasteiger partial charge is 0.416 e. The molecule has 2 unspecified atom stereocenters. The Morgan fingerprint density at radius 2 is 1.81 bits per heavy atom. The van der Waals surface area contributed by atoms with Crippen LogP contribution < -0.4 is 5.32 Å². The van der Waals surface area contributed by atoms with Crippen molar-refractivity contribution in [1.82, 2.24) is 5.32 Å². The Balaban J connectivity index is 2.82. The predicted octanol–water partition coefficient (Wildman–Crippen LogP) is 3.02. The molecule has 0 bridgehead atoms. The molecule has 0 aromatic heterocycles. The molecule has 5 nitrogen and oxygen atoms in total. The van der Waals surface area contributed by atoms with Gasteiger partial charge in [-0.2, -0.15) is 13.2 Å². The van der Waals surface area contributed by atoms with Gasteiger partial charge in [0.25, 0.3) is 0 Å². The van der Waals surface area contributed by atoms with Gasteiger partial charge in [0.05, 0.1) is 30.8 Å². The molecule has 0 saturated heterocycles. The number of methoxy groups -OCH3 is 2. The number of carbonyl (C=O) groups excluding carboxylic acids is 2. The van der Waals surface area contributed by atoms with E-state index >= 15 is 0 Å². The average molecular weight is 371 g/mol. The molecular weight excluding hydrogens is 351 g/mol. The molecule has 2 atom stereocenters. The van der Waals surface area contributed by atoms with E-state index in [1.807, 2.05) is 0 Å². The zero-order valence-electron chi connectivity index (χ0n) is 14.9. The Morgan fingerprint density at radius 3 is 2.35 bits per heavy atom. The first-order chi connectivity index (χ1) is 12.1. The highest BCUT2D eigenvalue weighted by Gasteiger charge is 2.52. The molecule has 1 aliphatic heterocycles. The van der Waals surface area contributed by atoms with Gasteiger partial charge in [-0.15, -0.1) is 0 Å². The average Bonchev–Trinajstić information content (AvgIpc) is 2.61. The normalized spacial score (nSPS) is 23.3. The number of hydrogen-bond acceptors (Lipinski definition) is 5. The fourth-order valence-electron chi connectivity index (χ4n) is 3.36. The molecule has 0 saturated carbocycles. The van der Waals surface area contributed by atoms with Crippen LogP contribution in [0.25, 0.3) is 0 Å². The number of rotatable bonds is 3. The number of ether oxygens (including phenoxy) is 2. The number of hydrogen-bond donors (Lipinski definition) is 1. The van der Waals surface area contributed by atoms with Crippen molar-refractivity contribution < 1.29 is 32.2 Å². The van der Waals surface area contributed by atoms with Gasteiger partial charge in [-0.05, 0) is 25.5 Å². The minimum absolute atomic E-state index is 0.0167. The summed E-state index contributed by atoms with van der Waals surface area (Å²) in [6.45, 7) is 3.05. The van der Waals surface area contributed by atoms with Gasteiger partial charge in [0.1, 0.15) is 0 Å². The van der Waals surface area contributed by atoms with E-state index in [2.05, 4.69) is 5.32 Å². The van der Waals surface area contributed by atoms with Gasteiger partial charge in [0.15, 0.2) is 0 Å². The Hall–Kier alpha value is -2.51. The van der Waals surface area contributed by atoms with Crippen molar-refractivity contribution >= 4 is 11.9 Å². The fraction of sp³-hybridized carbons (Fsp3) is 0.444. The maximum atomic E-state index is 13.6. The summed E-state index contributed by atoms with van der Waals surface area (Å²) in [5.41, 5.74) is -2.17. The largest absolute Gasteiger partial charge is 0.469 e. The molecule has 0 amide bonds. The third kappa shape index (κ3) is 3.27. The van der Waals surface area contributed by atoms with Gasteiger partial charge in [-0.3, -0.25) is 4.79 Å². The van der Waals surface area contributed by atoms with E-state index in [0.29, 0.717) is 5.70 Å². The number of benzene rings is 1. The number of carbonyl (C=O) groups is 2. The number of halogens is 3. The molecule has 8 heteroatoms. The highest BCUT2D eigenvalue weighted by atomic mass is 19.4. The van der Waals surface area contributed by atoms with Crippen LogP contribution in [0, 0.1) is 5.41 Å². The second kappa shape index (κ2) is 7.01. The summed E-state index contributed by atoms with van der Waals surface area (Å²) >= 11 is 0. The number of allylic oxidation sites excluding steroid dienone is 1. The van der Waals surface area contributed by atoms with Crippen LogP contribution in [0.4, 0.5) is 13.2 Å². The van der Waals surface area contributed by atoms with Gasteiger partial charge in [-0.25, -0.2) is 4.79 Å². The summed E-state index contributed by atoms with van der Waals surface area (Å²) in [5.74, 6) is -2.70. The molecule has 1 N–H and O–H groups in total. The Labute approximate surface area is 149 Å². The Morgan fingerprint density at radius 1 is 1.19 bits per heavy atom. The SMILES string of the molecule is COC(=O)C1=C(C)NCC(C)(C(=O)OC)C1c1ccccc1C(F)(F)F. The molecule has 0 radical (unpaired) electrons. The molecule has 142 valence electrons. The number of nitrogens with one attached hydrogen (secondary N) is 1. The van der Waals surface area contributed by atoms with E-state index in [1.54, 1.807) is 6.92 Å². The molecule has 0 spiro atoms. The highest BCUT2D eigenvalue weighted by molar-refractivity contribution is 5.94. The van der Waals surface area contributed by atoms with Crippen LogP contribution >= 0.6 is 0 Å². The van der Waals surface area contributed by atoms with Crippen LogP contribution in [0.3, 0.4) is 0 Å². The minimum atomic E-state index is -4.65. The lowest BCUT2D eigenvalue weighted by Gasteiger charge is -2.41.